The number of carbonyl (C=O) groups is 2. The summed E-state index contributed by atoms with van der Waals surface area (Å²) in [5.74, 6) is -0.0476. The molecule has 170 valence electrons. The van der Waals surface area contributed by atoms with E-state index in [0.29, 0.717) is 22.1 Å². The second-order valence-corrected chi connectivity index (χ2v) is 9.11. The van der Waals surface area contributed by atoms with Crippen LogP contribution in [0.3, 0.4) is 0 Å². The van der Waals surface area contributed by atoms with Gasteiger partial charge in [0.1, 0.15) is 16.8 Å². The average molecular weight is 490 g/mol. The minimum atomic E-state index is -0.753. The van der Waals surface area contributed by atoms with Crippen molar-refractivity contribution in [2.75, 3.05) is 16.8 Å². The van der Waals surface area contributed by atoms with Gasteiger partial charge in [-0.2, -0.15) is 0 Å². The molecule has 0 aliphatic carbocycles. The lowest BCUT2D eigenvalue weighted by molar-refractivity contribution is -0.125. The molecule has 0 saturated heterocycles. The third-order valence-corrected chi connectivity index (χ3v) is 6.68. The molecule has 0 fully saturated rings. The first-order chi connectivity index (χ1) is 16.5. The van der Waals surface area contributed by atoms with Crippen molar-refractivity contribution in [2.24, 2.45) is 0 Å². The number of rotatable bonds is 5. The summed E-state index contributed by atoms with van der Waals surface area (Å²) in [4.78, 5) is 32.1. The quantitative estimate of drug-likeness (QED) is 0.380. The van der Waals surface area contributed by atoms with E-state index in [4.69, 9.17) is 21.3 Å². The number of ether oxygens (including phenoxy) is 1. The summed E-state index contributed by atoms with van der Waals surface area (Å²) < 4.78 is 5.64. The molecule has 1 aromatic heterocycles. The van der Waals surface area contributed by atoms with Crippen LogP contribution in [0.4, 0.5) is 11.4 Å². The Labute approximate surface area is 205 Å². The number of carbonyl (C=O) groups excluding carboxylic acids is 2. The molecule has 1 unspecified atom stereocenters. The predicted octanol–water partition coefficient (Wildman–Crippen LogP) is 5.88. The Morgan fingerprint density at radius 3 is 2.62 bits per heavy atom. The van der Waals surface area contributed by atoms with Crippen LogP contribution in [-0.4, -0.2) is 29.4 Å². The maximum Gasteiger partial charge on any atom is 0.265 e. The number of anilines is 2. The van der Waals surface area contributed by atoms with E-state index < -0.39 is 6.04 Å². The van der Waals surface area contributed by atoms with E-state index in [1.165, 1.54) is 4.90 Å². The zero-order chi connectivity index (χ0) is 23.7. The molecule has 0 bridgehead atoms. The van der Waals surface area contributed by atoms with Crippen LogP contribution in [0.1, 0.15) is 6.92 Å². The number of hydrogen-bond acceptors (Lipinski definition) is 5. The summed E-state index contributed by atoms with van der Waals surface area (Å²) in [6.07, 6.45) is 0. The average Bonchev–Trinajstić information content (AvgIpc) is 3.36. The zero-order valence-electron chi connectivity index (χ0n) is 18.2. The van der Waals surface area contributed by atoms with Crippen molar-refractivity contribution < 1.29 is 14.3 Å². The maximum absolute atomic E-state index is 13.0. The van der Waals surface area contributed by atoms with Crippen molar-refractivity contribution in [1.29, 1.82) is 0 Å². The Morgan fingerprint density at radius 2 is 1.85 bits per heavy atom. The molecule has 1 aliphatic rings. The van der Waals surface area contributed by atoms with Gasteiger partial charge in [0.2, 0.25) is 5.91 Å². The molecule has 1 atom stereocenters. The summed E-state index contributed by atoms with van der Waals surface area (Å²) in [6.45, 7) is 1.57. The Balaban J connectivity index is 1.44. The SMILES string of the molecule is CC(C(=O)Nc1ccc(Cl)cc1)N1C(=O)COc2ccc(-c3csc(-c4ccccc4)n3)cc21. The molecule has 0 radical (unpaired) electrons. The summed E-state index contributed by atoms with van der Waals surface area (Å²) in [6, 6.07) is 21.6. The molecular formula is C26H20ClN3O3S. The lowest BCUT2D eigenvalue weighted by Crippen LogP contribution is -2.49. The molecule has 0 spiro atoms. The highest BCUT2D eigenvalue weighted by Crippen LogP contribution is 2.38. The Bertz CT molecular complexity index is 1360. The Kier molecular flexibility index (Phi) is 6.04. The lowest BCUT2D eigenvalue weighted by atomic mass is 10.1. The first-order valence-electron chi connectivity index (χ1n) is 10.7. The molecule has 6 nitrogen and oxygen atoms in total. The fourth-order valence-electron chi connectivity index (χ4n) is 3.77. The van der Waals surface area contributed by atoms with Gasteiger partial charge in [0.15, 0.2) is 6.61 Å². The fourth-order valence-corrected chi connectivity index (χ4v) is 4.73. The van der Waals surface area contributed by atoms with E-state index in [2.05, 4.69) is 5.32 Å². The molecule has 2 heterocycles. The van der Waals surface area contributed by atoms with Crippen LogP contribution in [-0.2, 0) is 9.59 Å². The first kappa shape index (κ1) is 22.1. The van der Waals surface area contributed by atoms with Gasteiger partial charge in [-0.25, -0.2) is 4.98 Å². The number of nitrogens with zero attached hydrogens (tertiary/aromatic N) is 2. The Morgan fingerprint density at radius 1 is 1.09 bits per heavy atom. The molecule has 2 amide bonds. The Hall–Kier alpha value is -3.68. The molecule has 8 heteroatoms. The van der Waals surface area contributed by atoms with Crippen molar-refractivity contribution in [1.82, 2.24) is 4.98 Å². The molecule has 1 N–H and O–H groups in total. The van der Waals surface area contributed by atoms with E-state index in [1.807, 2.05) is 53.9 Å². The number of amides is 2. The van der Waals surface area contributed by atoms with Crippen LogP contribution in [0.2, 0.25) is 5.02 Å². The van der Waals surface area contributed by atoms with E-state index >= 15 is 0 Å². The minimum absolute atomic E-state index is 0.125. The first-order valence-corrected chi connectivity index (χ1v) is 11.9. The highest BCUT2D eigenvalue weighted by Gasteiger charge is 2.33. The van der Waals surface area contributed by atoms with Crippen LogP contribution in [0.5, 0.6) is 5.75 Å². The monoisotopic (exact) mass is 489 g/mol. The van der Waals surface area contributed by atoms with Crippen molar-refractivity contribution in [3.8, 4) is 27.6 Å². The fraction of sp³-hybridized carbons (Fsp3) is 0.115. The van der Waals surface area contributed by atoms with E-state index in [-0.39, 0.29) is 18.4 Å². The normalized spacial score (nSPS) is 13.7. The van der Waals surface area contributed by atoms with E-state index in [9.17, 15) is 9.59 Å². The molecule has 1 aliphatic heterocycles. The minimum Gasteiger partial charge on any atom is -0.482 e. The van der Waals surface area contributed by atoms with Gasteiger partial charge in [-0.05, 0) is 49.4 Å². The maximum atomic E-state index is 13.0. The van der Waals surface area contributed by atoms with Gasteiger partial charge in [0.05, 0.1) is 11.4 Å². The highest BCUT2D eigenvalue weighted by molar-refractivity contribution is 7.13. The van der Waals surface area contributed by atoms with Crippen molar-refractivity contribution in [3.63, 3.8) is 0 Å². The van der Waals surface area contributed by atoms with E-state index in [1.54, 1.807) is 42.5 Å². The van der Waals surface area contributed by atoms with Crippen molar-refractivity contribution >= 4 is 46.1 Å². The number of hydrogen-bond donors (Lipinski definition) is 1. The number of aromatic nitrogens is 1. The second-order valence-electron chi connectivity index (χ2n) is 7.81. The molecular weight excluding hydrogens is 470 g/mol. The molecule has 3 aromatic carbocycles. The number of fused-ring (bicyclic) bond motifs is 1. The summed E-state index contributed by atoms with van der Waals surface area (Å²) in [5.41, 5.74) is 3.83. The smallest absolute Gasteiger partial charge is 0.265 e. The van der Waals surface area contributed by atoms with Gasteiger partial charge in [-0.1, -0.05) is 41.9 Å². The lowest BCUT2D eigenvalue weighted by Gasteiger charge is -2.33. The standard InChI is InChI=1S/C26H20ClN3O3S/c1-16(25(32)28-20-10-8-19(27)9-11-20)30-22-13-18(7-12-23(22)33-14-24(30)31)21-15-34-26(29-21)17-5-3-2-4-6-17/h2-13,15-16H,14H2,1H3,(H,28,32). The third kappa shape index (κ3) is 4.40. The second kappa shape index (κ2) is 9.29. The number of benzene rings is 3. The number of thiazole rings is 1. The number of nitrogens with one attached hydrogen (secondary N) is 1. The largest absolute Gasteiger partial charge is 0.482 e. The highest BCUT2D eigenvalue weighted by atomic mass is 35.5. The van der Waals surface area contributed by atoms with Gasteiger partial charge >= 0.3 is 0 Å². The summed E-state index contributed by atoms with van der Waals surface area (Å²) in [5, 5.41) is 6.31. The molecule has 34 heavy (non-hydrogen) atoms. The van der Waals surface area contributed by atoms with Gasteiger partial charge in [0.25, 0.3) is 5.91 Å². The number of halogens is 1. The van der Waals surface area contributed by atoms with E-state index in [0.717, 1.165) is 21.8 Å². The van der Waals surface area contributed by atoms with Crippen LogP contribution in [0, 0.1) is 0 Å². The van der Waals surface area contributed by atoms with Gasteiger partial charge in [-0.15, -0.1) is 11.3 Å². The summed E-state index contributed by atoms with van der Waals surface area (Å²) in [7, 11) is 0. The van der Waals surface area contributed by atoms with Crippen molar-refractivity contribution in [3.05, 3.63) is 83.2 Å². The summed E-state index contributed by atoms with van der Waals surface area (Å²) >= 11 is 7.48. The van der Waals surface area contributed by atoms with Crippen LogP contribution >= 0.6 is 22.9 Å². The predicted molar refractivity (Wildman–Crippen MR) is 136 cm³/mol. The van der Waals surface area contributed by atoms with Gasteiger partial charge in [0, 0.05) is 27.2 Å². The van der Waals surface area contributed by atoms with Crippen LogP contribution in [0.15, 0.2) is 78.2 Å². The third-order valence-electron chi connectivity index (χ3n) is 5.54. The molecule has 5 rings (SSSR count). The van der Waals surface area contributed by atoms with Gasteiger partial charge in [-0.3, -0.25) is 14.5 Å². The zero-order valence-corrected chi connectivity index (χ0v) is 19.8. The molecule has 4 aromatic rings. The molecule has 0 saturated carbocycles. The van der Waals surface area contributed by atoms with Crippen LogP contribution < -0.4 is 15.0 Å². The van der Waals surface area contributed by atoms with Gasteiger partial charge < -0.3 is 10.1 Å². The topological polar surface area (TPSA) is 71.5 Å². The van der Waals surface area contributed by atoms with Crippen LogP contribution in [0.25, 0.3) is 21.8 Å². The van der Waals surface area contributed by atoms with Crippen molar-refractivity contribution in [2.45, 2.75) is 13.0 Å².